The van der Waals surface area contributed by atoms with Gasteiger partial charge in [-0.1, -0.05) is 0 Å². The zero-order valence-corrected chi connectivity index (χ0v) is 21.5. The number of carbonyl (C=O) groups is 1. The van der Waals surface area contributed by atoms with E-state index in [2.05, 4.69) is 4.90 Å². The molecule has 1 saturated carbocycles. The van der Waals surface area contributed by atoms with E-state index in [0.717, 1.165) is 30.7 Å². The van der Waals surface area contributed by atoms with Crippen molar-refractivity contribution in [3.63, 3.8) is 0 Å². The Kier molecular flexibility index (Phi) is 8.03. The van der Waals surface area contributed by atoms with Crippen LogP contribution in [0.25, 0.3) is 0 Å². The van der Waals surface area contributed by atoms with E-state index in [1.165, 1.54) is 0 Å². The third-order valence-corrected chi connectivity index (χ3v) is 7.65. The van der Waals surface area contributed by atoms with Gasteiger partial charge >= 0.3 is 0 Å². The first-order chi connectivity index (χ1) is 16.6. The van der Waals surface area contributed by atoms with Crippen LogP contribution in [0.5, 0.6) is 5.75 Å². The first-order valence-corrected chi connectivity index (χ1v) is 12.9. The molecule has 1 spiro atoms. The molecule has 0 N–H and O–H groups in total. The molecule has 35 heavy (non-hydrogen) atoms. The lowest BCUT2D eigenvalue weighted by molar-refractivity contribution is -0.196. The monoisotopic (exact) mass is 494 g/mol. The van der Waals surface area contributed by atoms with Gasteiger partial charge in [-0.25, -0.2) is 8.78 Å². The first kappa shape index (κ1) is 26.3. The van der Waals surface area contributed by atoms with Gasteiger partial charge in [0.1, 0.15) is 5.75 Å². The quantitative estimate of drug-likeness (QED) is 0.575. The molecule has 1 aliphatic carbocycles. The van der Waals surface area contributed by atoms with Crippen LogP contribution in [0.15, 0.2) is 18.2 Å². The van der Waals surface area contributed by atoms with Crippen molar-refractivity contribution in [1.82, 2.24) is 9.80 Å². The molecule has 0 radical (unpaired) electrons. The summed E-state index contributed by atoms with van der Waals surface area (Å²) in [6, 6.07) is 5.77. The van der Waals surface area contributed by atoms with E-state index < -0.39 is 5.92 Å². The summed E-state index contributed by atoms with van der Waals surface area (Å²) in [4.78, 5) is 17.5. The van der Waals surface area contributed by atoms with Crippen LogP contribution in [0, 0.1) is 6.92 Å². The molecule has 3 aliphatic rings. The summed E-state index contributed by atoms with van der Waals surface area (Å²) in [7, 11) is 1.66. The number of piperidine rings is 1. The Labute approximate surface area is 207 Å². The molecule has 1 amide bonds. The lowest BCUT2D eigenvalue weighted by Crippen LogP contribution is -2.63. The van der Waals surface area contributed by atoms with Crippen molar-refractivity contribution in [3.05, 3.63) is 29.3 Å². The molecule has 0 bridgehead atoms. The smallest absolute Gasteiger partial charge is 0.253 e. The molecule has 0 aromatic heterocycles. The first-order valence-electron chi connectivity index (χ1n) is 12.9. The molecular formula is C27H40F2N2O4. The van der Waals surface area contributed by atoms with Crippen molar-refractivity contribution in [2.45, 2.75) is 89.1 Å². The average Bonchev–Trinajstić information content (AvgIpc) is 2.80. The van der Waals surface area contributed by atoms with Gasteiger partial charge in [0.15, 0.2) is 0 Å². The van der Waals surface area contributed by atoms with Crippen LogP contribution in [0.3, 0.4) is 0 Å². The van der Waals surface area contributed by atoms with Crippen LogP contribution < -0.4 is 4.74 Å². The van der Waals surface area contributed by atoms with Gasteiger partial charge < -0.3 is 19.1 Å². The predicted octanol–water partition coefficient (Wildman–Crippen LogP) is 4.68. The fourth-order valence-corrected chi connectivity index (χ4v) is 5.81. The molecule has 196 valence electrons. The van der Waals surface area contributed by atoms with Crippen molar-refractivity contribution >= 4 is 5.91 Å². The largest absolute Gasteiger partial charge is 0.491 e. The Morgan fingerprint density at radius 1 is 1.17 bits per heavy atom. The van der Waals surface area contributed by atoms with Gasteiger partial charge in [-0.3, -0.25) is 9.69 Å². The number of alkyl halides is 2. The van der Waals surface area contributed by atoms with Gasteiger partial charge in [-0.05, 0) is 70.2 Å². The van der Waals surface area contributed by atoms with Crippen molar-refractivity contribution in [2.24, 2.45) is 0 Å². The number of ether oxygens (including phenoxy) is 3. The normalized spacial score (nSPS) is 25.2. The fraction of sp³-hybridized carbons (Fsp3) is 0.741. The summed E-state index contributed by atoms with van der Waals surface area (Å²) in [5, 5.41) is 0. The predicted molar refractivity (Wildman–Crippen MR) is 130 cm³/mol. The van der Waals surface area contributed by atoms with Gasteiger partial charge in [0.25, 0.3) is 5.91 Å². The maximum Gasteiger partial charge on any atom is 0.253 e. The van der Waals surface area contributed by atoms with E-state index in [1.54, 1.807) is 7.11 Å². The third kappa shape index (κ3) is 6.33. The van der Waals surface area contributed by atoms with Crippen molar-refractivity contribution in [2.75, 3.05) is 39.9 Å². The second-order valence-electron chi connectivity index (χ2n) is 10.8. The Balaban J connectivity index is 1.40. The number of benzene rings is 1. The molecule has 1 atom stereocenters. The summed E-state index contributed by atoms with van der Waals surface area (Å²) >= 11 is 0. The van der Waals surface area contributed by atoms with Crippen molar-refractivity contribution in [1.29, 1.82) is 0 Å². The lowest BCUT2D eigenvalue weighted by atomic mass is 9.85. The maximum absolute atomic E-state index is 13.7. The maximum atomic E-state index is 13.7. The molecule has 2 heterocycles. The molecule has 3 fully saturated rings. The summed E-state index contributed by atoms with van der Waals surface area (Å²) in [5.74, 6) is -1.71. The third-order valence-electron chi connectivity index (χ3n) is 7.65. The van der Waals surface area contributed by atoms with Crippen LogP contribution in [0.1, 0.15) is 68.3 Å². The van der Waals surface area contributed by atoms with Crippen LogP contribution in [0.4, 0.5) is 8.78 Å². The summed E-state index contributed by atoms with van der Waals surface area (Å²) in [5.41, 5.74) is 1.24. The van der Waals surface area contributed by atoms with E-state index in [0.29, 0.717) is 44.6 Å². The Bertz CT molecular complexity index is 876. The molecule has 2 aliphatic heterocycles. The summed E-state index contributed by atoms with van der Waals surface area (Å²) in [6.07, 6.45) is 2.40. The number of methoxy groups -OCH3 is 1. The number of morpholine rings is 1. The number of rotatable bonds is 6. The second-order valence-corrected chi connectivity index (χ2v) is 10.8. The van der Waals surface area contributed by atoms with E-state index in [-0.39, 0.29) is 42.6 Å². The highest BCUT2D eigenvalue weighted by molar-refractivity contribution is 5.94. The number of halogens is 2. The Morgan fingerprint density at radius 3 is 2.46 bits per heavy atom. The molecule has 6 nitrogen and oxygen atoms in total. The standard InChI is InChI=1S/C27H40F2N2O4/c1-19(2)34-24-6-5-21(15-20(24)3)25(32)30-13-11-26(12-14-30)18-31(16-23(35-26)17-33-4)22-7-9-27(28,29)10-8-22/h5-6,15,19,22-23H,7-14,16-18H2,1-4H3. The molecule has 1 aromatic rings. The van der Waals surface area contributed by atoms with E-state index >= 15 is 0 Å². The van der Waals surface area contributed by atoms with Gasteiger partial charge in [0.2, 0.25) is 5.92 Å². The SMILES string of the molecule is COCC1CN(C2CCC(F)(F)CC2)CC2(CCN(C(=O)c3ccc(OC(C)C)c(C)c3)CC2)O1. The molecule has 8 heteroatoms. The highest BCUT2D eigenvalue weighted by atomic mass is 19.3. The number of carbonyl (C=O) groups excluding carboxylic acids is 1. The summed E-state index contributed by atoms with van der Waals surface area (Å²) < 4.78 is 45.2. The van der Waals surface area contributed by atoms with Crippen molar-refractivity contribution in [3.8, 4) is 5.75 Å². The average molecular weight is 495 g/mol. The van der Waals surface area contributed by atoms with Gasteiger partial charge in [0.05, 0.1) is 24.4 Å². The topological polar surface area (TPSA) is 51.2 Å². The highest BCUT2D eigenvalue weighted by Crippen LogP contribution is 2.39. The van der Waals surface area contributed by atoms with Gasteiger partial charge in [0, 0.05) is 57.7 Å². The number of aryl methyl sites for hydroxylation is 1. The number of hydrogen-bond acceptors (Lipinski definition) is 5. The fourth-order valence-electron chi connectivity index (χ4n) is 5.81. The molecule has 4 rings (SSSR count). The minimum Gasteiger partial charge on any atom is -0.491 e. The zero-order valence-electron chi connectivity index (χ0n) is 21.5. The zero-order chi connectivity index (χ0) is 25.2. The molecular weight excluding hydrogens is 454 g/mol. The van der Waals surface area contributed by atoms with E-state index in [4.69, 9.17) is 14.2 Å². The second kappa shape index (κ2) is 10.7. The van der Waals surface area contributed by atoms with Gasteiger partial charge in [-0.15, -0.1) is 0 Å². The van der Waals surface area contributed by atoms with Crippen LogP contribution >= 0.6 is 0 Å². The summed E-state index contributed by atoms with van der Waals surface area (Å²) in [6.45, 7) is 9.06. The lowest BCUT2D eigenvalue weighted by Gasteiger charge is -2.52. The van der Waals surface area contributed by atoms with Crippen molar-refractivity contribution < 1.29 is 27.8 Å². The van der Waals surface area contributed by atoms with E-state index in [1.807, 2.05) is 43.9 Å². The van der Waals surface area contributed by atoms with Crippen LogP contribution in [-0.2, 0) is 9.47 Å². The Morgan fingerprint density at radius 2 is 1.86 bits per heavy atom. The number of likely N-dealkylation sites (tertiary alicyclic amines) is 1. The van der Waals surface area contributed by atoms with Crippen LogP contribution in [-0.4, -0.2) is 85.4 Å². The Hall–Kier alpha value is -1.77. The molecule has 2 saturated heterocycles. The minimum atomic E-state index is -2.53. The van der Waals surface area contributed by atoms with E-state index in [9.17, 15) is 13.6 Å². The molecule has 1 unspecified atom stereocenters. The number of amides is 1. The number of nitrogens with zero attached hydrogens (tertiary/aromatic N) is 2. The molecule has 1 aromatic carbocycles. The van der Waals surface area contributed by atoms with Gasteiger partial charge in [-0.2, -0.15) is 0 Å². The van der Waals surface area contributed by atoms with Crippen LogP contribution in [0.2, 0.25) is 0 Å². The number of hydrogen-bond donors (Lipinski definition) is 0. The minimum absolute atomic E-state index is 0.0228. The highest BCUT2D eigenvalue weighted by Gasteiger charge is 2.46.